The number of amides is 1. The van der Waals surface area contributed by atoms with E-state index in [4.69, 9.17) is 17.2 Å². The van der Waals surface area contributed by atoms with Crippen LogP contribution in [0.4, 0.5) is 0 Å². The molecule has 79 heavy (non-hydrogen) atoms. The van der Waals surface area contributed by atoms with Crippen LogP contribution < -0.4 is 27.8 Å². The number of benzene rings is 3. The van der Waals surface area contributed by atoms with Crippen LogP contribution in [-0.4, -0.2) is 91.9 Å². The molecule has 2 heterocycles. The van der Waals surface area contributed by atoms with Gasteiger partial charge in [-0.3, -0.25) is 19.9 Å². The van der Waals surface area contributed by atoms with Crippen LogP contribution in [0.3, 0.4) is 0 Å². The number of allylic oxidation sites excluding steroid dienone is 8. The molecule has 2 aliphatic heterocycles. The number of nitrogens with zero attached hydrogens (tertiary/aromatic N) is 1. The highest BCUT2D eigenvalue weighted by atomic mass is 16.3. The Morgan fingerprint density at radius 2 is 1.65 bits per heavy atom. The summed E-state index contributed by atoms with van der Waals surface area (Å²) in [5.41, 5.74) is 25.0. The van der Waals surface area contributed by atoms with Gasteiger partial charge < -0.3 is 53.2 Å². The van der Waals surface area contributed by atoms with Gasteiger partial charge in [-0.15, -0.1) is 0 Å². The Kier molecular flexibility index (Phi) is 19.7. The first-order chi connectivity index (χ1) is 37.8. The zero-order valence-corrected chi connectivity index (χ0v) is 46.8. The highest BCUT2D eigenvalue weighted by Crippen LogP contribution is 2.63. The Labute approximate surface area is 467 Å². The molecule has 1 amide bonds. The minimum absolute atomic E-state index is 0.0365. The van der Waals surface area contributed by atoms with Crippen molar-refractivity contribution in [3.05, 3.63) is 159 Å². The van der Waals surface area contributed by atoms with Gasteiger partial charge in [0.15, 0.2) is 11.7 Å². The first-order valence-corrected chi connectivity index (χ1v) is 29.0. The van der Waals surface area contributed by atoms with Gasteiger partial charge in [0.1, 0.15) is 18.0 Å². The Morgan fingerprint density at radius 1 is 0.924 bits per heavy atom. The molecule has 0 saturated heterocycles. The highest BCUT2D eigenvalue weighted by molar-refractivity contribution is 5.99. The second-order valence-electron chi connectivity index (χ2n) is 24.0. The van der Waals surface area contributed by atoms with Crippen molar-refractivity contribution in [2.24, 2.45) is 51.3 Å². The highest BCUT2D eigenvalue weighted by Gasteiger charge is 2.64. The van der Waals surface area contributed by atoms with Gasteiger partial charge in [-0.2, -0.15) is 0 Å². The molecular formula is C65H88N6O8. The predicted molar refractivity (Wildman–Crippen MR) is 311 cm³/mol. The summed E-state index contributed by atoms with van der Waals surface area (Å²) in [6.45, 7) is 10.0. The third-order valence-corrected chi connectivity index (χ3v) is 18.5. The Morgan fingerprint density at radius 3 is 2.35 bits per heavy atom. The summed E-state index contributed by atoms with van der Waals surface area (Å²) in [5, 5.41) is 78.6. The lowest BCUT2D eigenvalue weighted by molar-refractivity contribution is -0.168. The molecule has 8 rings (SSSR count). The van der Waals surface area contributed by atoms with Crippen LogP contribution in [0.15, 0.2) is 130 Å². The fraction of sp³-hybridized carbons (Fsp3) is 0.523. The topological polar surface area (TPSA) is 270 Å². The van der Waals surface area contributed by atoms with Crippen molar-refractivity contribution in [2.75, 3.05) is 19.7 Å². The van der Waals surface area contributed by atoms with Crippen molar-refractivity contribution in [1.29, 1.82) is 0 Å². The number of guanidine groups is 1. The molecule has 3 aromatic carbocycles. The van der Waals surface area contributed by atoms with E-state index in [2.05, 4.69) is 42.1 Å². The fourth-order valence-electron chi connectivity index (χ4n) is 14.5. The molecule has 426 valence electrons. The van der Waals surface area contributed by atoms with Gasteiger partial charge in [-0.05, 0) is 172 Å². The van der Waals surface area contributed by atoms with E-state index in [1.807, 2.05) is 67.6 Å². The lowest BCUT2D eigenvalue weighted by Crippen LogP contribution is -2.59. The van der Waals surface area contributed by atoms with Crippen LogP contribution in [0.2, 0.25) is 0 Å². The summed E-state index contributed by atoms with van der Waals surface area (Å²) < 4.78 is 0. The first kappa shape index (κ1) is 59.4. The van der Waals surface area contributed by atoms with E-state index in [-0.39, 0.29) is 49.5 Å². The largest absolute Gasteiger partial charge is 0.508 e. The molecule has 0 unspecified atom stereocenters. The van der Waals surface area contributed by atoms with Crippen molar-refractivity contribution >= 4 is 17.6 Å². The van der Waals surface area contributed by atoms with Crippen LogP contribution in [0.5, 0.6) is 5.75 Å². The summed E-state index contributed by atoms with van der Waals surface area (Å²) >= 11 is 0. The molecule has 3 aliphatic carbocycles. The molecule has 14 nitrogen and oxygen atoms in total. The smallest absolute Gasteiger partial charge is 0.243 e. The van der Waals surface area contributed by atoms with Crippen LogP contribution in [-0.2, 0) is 28.9 Å². The molecule has 3 saturated carbocycles. The number of Topliss-reactive ketones (excluding diaryl/α,β-unsaturated/α-hetero) is 1. The molecule has 14 N–H and O–H groups in total. The number of hydrogen-bond acceptors (Lipinski definition) is 11. The van der Waals surface area contributed by atoms with E-state index < -0.39 is 71.1 Å². The van der Waals surface area contributed by atoms with Gasteiger partial charge >= 0.3 is 0 Å². The van der Waals surface area contributed by atoms with Crippen molar-refractivity contribution in [3.8, 4) is 5.75 Å². The first-order valence-electron chi connectivity index (χ1n) is 29.0. The number of phenolic OH excluding ortho intramolecular Hbond substituents is 1. The molecule has 5 aliphatic rings. The number of aliphatic hydroxyl groups excluding tert-OH is 4. The van der Waals surface area contributed by atoms with Crippen molar-refractivity contribution in [2.45, 2.75) is 166 Å². The summed E-state index contributed by atoms with van der Waals surface area (Å²) in [6, 6.07) is 19.3. The van der Waals surface area contributed by atoms with Crippen molar-refractivity contribution in [3.63, 3.8) is 0 Å². The van der Waals surface area contributed by atoms with Crippen molar-refractivity contribution in [1.82, 2.24) is 10.6 Å². The molecule has 0 radical (unpaired) electrons. The summed E-state index contributed by atoms with van der Waals surface area (Å²) in [4.78, 5) is 34.7. The maximum absolute atomic E-state index is 15.9. The molecule has 11 atom stereocenters. The van der Waals surface area contributed by atoms with Crippen LogP contribution in [0, 0.1) is 29.1 Å². The standard InChI is InChI=1S/C65H88N6O8/c1-39(2)12-8-13-40(3)14-9-20-46(38-72)49-29-31-65(60(49)77)54-27-26-48(74)33-41-15-10-16-42(32-41)34-52(53(36-70-63(67)68)43-22-24-47(73)25-23-43)56(76)37-69-59-58-45(19-11-21-51(58)61(66)71-62(59)78)35-55(75)57(44-17-6-5-7-18-44)50(54)28-30-64(65,4)79/h9-12,14-16,19-25,32,44,48-49,52-54,56,59-61,69,72-74,76-77,79H,3,5-8,13,17-18,26-31,33-38,66H2,1-2,4H3,(H,71,78)(H4,67,68,70)/b14-9+,46-20-,57-50+/t48-,49+,52+,53+,54+,56+,59+,60+,61-,64+,65+/m0/s1. The van der Waals surface area contributed by atoms with Gasteiger partial charge in [0, 0.05) is 36.8 Å². The zero-order valence-electron chi connectivity index (χ0n) is 46.8. The third kappa shape index (κ3) is 13.6. The van der Waals surface area contributed by atoms with Gasteiger partial charge in [0.25, 0.3) is 0 Å². The zero-order chi connectivity index (χ0) is 56.6. The molecule has 2 bridgehead atoms. The van der Waals surface area contributed by atoms with Crippen LogP contribution in [0.25, 0.3) is 0 Å². The Hall–Kier alpha value is -5.71. The third-order valence-electron chi connectivity index (χ3n) is 18.5. The van der Waals surface area contributed by atoms with Gasteiger partial charge in [0.2, 0.25) is 5.91 Å². The van der Waals surface area contributed by atoms with E-state index in [0.717, 1.165) is 78.4 Å². The van der Waals surface area contributed by atoms with Gasteiger partial charge in [-0.25, -0.2) is 0 Å². The van der Waals surface area contributed by atoms with E-state index in [9.17, 15) is 35.4 Å². The maximum Gasteiger partial charge on any atom is 0.243 e. The Bertz CT molecular complexity index is 2800. The van der Waals surface area contributed by atoms with E-state index in [0.29, 0.717) is 73.6 Å². The number of aliphatic imine (C=N–C) groups is 1. The molecule has 1 spiro atoms. The number of nitrogens with two attached hydrogens (primary N) is 3. The molecule has 0 aromatic heterocycles. The number of nitrogens with one attached hydrogen (secondary N) is 2. The second kappa shape index (κ2) is 26.3. The minimum atomic E-state index is -1.38. The molecule has 14 heteroatoms. The number of rotatable bonds is 12. The van der Waals surface area contributed by atoms with Crippen molar-refractivity contribution < 1.29 is 40.2 Å². The van der Waals surface area contributed by atoms with E-state index in [1.165, 1.54) is 5.57 Å². The quantitative estimate of drug-likeness (QED) is 0.0360. The minimum Gasteiger partial charge on any atom is -0.508 e. The van der Waals surface area contributed by atoms with Gasteiger partial charge in [-0.1, -0.05) is 121 Å². The lowest BCUT2D eigenvalue weighted by Gasteiger charge is -2.56. The normalized spacial score (nSPS) is 30.7. The van der Waals surface area contributed by atoms with Gasteiger partial charge in [0.05, 0.1) is 30.5 Å². The number of carbonyl (C=O) groups excluding carboxylic acids is 2. The maximum atomic E-state index is 15.9. The van der Waals surface area contributed by atoms with Crippen LogP contribution in [0.1, 0.15) is 156 Å². The number of aliphatic hydroxyl groups is 5. The van der Waals surface area contributed by atoms with E-state index >= 15 is 4.79 Å². The number of ketones is 1. The number of aromatic hydroxyl groups is 1. The SMILES string of the molecule is C=C(/C=C/C=C(/CO)[C@H]1CC[C@@]2([C@@H]3CC[C@H](O)Cc4cccc(c4)C[C@H]([C@H](CN=C(N)N)c4ccc(O)cc4)[C@H](O)CN[C@H]4C(=O)N[C@H](N)c5cccc(c54)CC(=O)/C(C4CCCCC4)=C/3CC[C@@]2(C)O)[C@@H]1O)CCC=C(C)C. The second-order valence-corrected chi connectivity index (χ2v) is 24.0. The fourth-order valence-corrected chi connectivity index (χ4v) is 14.5. The summed E-state index contributed by atoms with van der Waals surface area (Å²) in [6.07, 6.45) is 13.3. The van der Waals surface area contributed by atoms with E-state index in [1.54, 1.807) is 24.3 Å². The predicted octanol–water partition coefficient (Wildman–Crippen LogP) is 7.77. The summed E-state index contributed by atoms with van der Waals surface area (Å²) in [7, 11) is 0. The summed E-state index contributed by atoms with van der Waals surface area (Å²) in [5.74, 6) is -2.58. The average Bonchev–Trinajstić information content (AvgIpc) is 4.04. The number of β-amino-alcohol motifs (C(OH)–C–C–N with tert-alkyl or cyclic N) is 1. The number of hydrogen-bond donors (Lipinski definition) is 11. The molecular weight excluding hydrogens is 993 g/mol. The number of fused-ring (bicyclic) bond motifs is 4. The Balaban J connectivity index is 1.25. The lowest BCUT2D eigenvalue weighted by atomic mass is 9.51. The van der Waals surface area contributed by atoms with Crippen LogP contribution >= 0.6 is 0 Å². The number of phenols is 1. The number of carbonyl (C=O) groups is 2. The molecule has 3 fully saturated rings. The monoisotopic (exact) mass is 1080 g/mol. The average molecular weight is 1080 g/mol. The molecule has 3 aromatic rings.